The van der Waals surface area contributed by atoms with Gasteiger partial charge in [0.25, 0.3) is 0 Å². The summed E-state index contributed by atoms with van der Waals surface area (Å²) >= 11 is 0. The summed E-state index contributed by atoms with van der Waals surface area (Å²) in [7, 11) is 0. The number of rotatable bonds is 5. The van der Waals surface area contributed by atoms with Crippen LogP contribution in [0.5, 0.6) is 0 Å². The number of ether oxygens (including phenoxy) is 2. The van der Waals surface area contributed by atoms with Crippen molar-refractivity contribution in [3.63, 3.8) is 0 Å². The highest BCUT2D eigenvalue weighted by Gasteiger charge is 2.36. The van der Waals surface area contributed by atoms with Gasteiger partial charge in [0.1, 0.15) is 0 Å². The standard InChI is InChI=1S/C13H20O4/c1-3-16-12(14)11(13(15)17-4-2)10-8-6-5-7-9-10/h6,8,10-11H,3-5,7,9H2,1-2H3/t10-/m1/s1. The Bertz CT molecular complexity index is 278. The Morgan fingerprint density at radius 1 is 1.24 bits per heavy atom. The first-order chi connectivity index (χ1) is 8.20. The van der Waals surface area contributed by atoms with Gasteiger partial charge >= 0.3 is 11.9 Å². The fraction of sp³-hybridized carbons (Fsp3) is 0.692. The number of carbonyl (C=O) groups excluding carboxylic acids is 2. The molecule has 4 nitrogen and oxygen atoms in total. The third kappa shape index (κ3) is 3.88. The molecule has 0 aromatic heterocycles. The van der Waals surface area contributed by atoms with Crippen molar-refractivity contribution >= 4 is 11.9 Å². The largest absolute Gasteiger partial charge is 0.465 e. The summed E-state index contributed by atoms with van der Waals surface area (Å²) in [5.74, 6) is -1.82. The highest BCUT2D eigenvalue weighted by Crippen LogP contribution is 2.27. The molecule has 0 radical (unpaired) electrons. The Balaban J connectivity index is 2.76. The number of hydrogen-bond donors (Lipinski definition) is 0. The van der Waals surface area contributed by atoms with Gasteiger partial charge in [0.05, 0.1) is 13.2 Å². The first-order valence-electron chi connectivity index (χ1n) is 6.20. The molecule has 0 aromatic rings. The van der Waals surface area contributed by atoms with E-state index < -0.39 is 17.9 Å². The zero-order valence-electron chi connectivity index (χ0n) is 10.5. The summed E-state index contributed by atoms with van der Waals surface area (Å²) in [6.45, 7) is 4.03. The van der Waals surface area contributed by atoms with Crippen LogP contribution in [0.4, 0.5) is 0 Å². The molecular formula is C13H20O4. The van der Waals surface area contributed by atoms with Gasteiger partial charge < -0.3 is 9.47 Å². The van der Waals surface area contributed by atoms with Gasteiger partial charge in [0.15, 0.2) is 5.92 Å². The number of esters is 2. The summed E-state index contributed by atoms with van der Waals surface area (Å²) in [6, 6.07) is 0. The van der Waals surface area contributed by atoms with Crippen LogP contribution in [0.3, 0.4) is 0 Å². The zero-order valence-corrected chi connectivity index (χ0v) is 10.5. The van der Waals surface area contributed by atoms with Crippen LogP contribution in [0.25, 0.3) is 0 Å². The van der Waals surface area contributed by atoms with Gasteiger partial charge in [0, 0.05) is 5.92 Å². The fourth-order valence-electron chi connectivity index (χ4n) is 2.03. The van der Waals surface area contributed by atoms with Crippen molar-refractivity contribution in [1.82, 2.24) is 0 Å². The Morgan fingerprint density at radius 3 is 2.24 bits per heavy atom. The summed E-state index contributed by atoms with van der Waals surface area (Å²) in [6.07, 6.45) is 6.78. The van der Waals surface area contributed by atoms with Crippen LogP contribution >= 0.6 is 0 Å². The van der Waals surface area contributed by atoms with E-state index in [9.17, 15) is 9.59 Å². The Labute approximate surface area is 102 Å². The minimum atomic E-state index is -0.800. The molecule has 0 aromatic carbocycles. The molecule has 0 amide bonds. The molecule has 0 aliphatic heterocycles. The third-order valence-electron chi connectivity index (χ3n) is 2.80. The normalized spacial score (nSPS) is 19.1. The van der Waals surface area contributed by atoms with Crippen molar-refractivity contribution in [2.45, 2.75) is 33.1 Å². The second-order valence-corrected chi connectivity index (χ2v) is 4.00. The SMILES string of the molecule is CCOC(=O)C(C(=O)OCC)[C@@H]1C=CCCC1. The average Bonchev–Trinajstić information content (AvgIpc) is 2.31. The molecule has 1 aliphatic rings. The predicted molar refractivity (Wildman–Crippen MR) is 63.2 cm³/mol. The van der Waals surface area contributed by atoms with E-state index >= 15 is 0 Å². The Kier molecular flexibility index (Phi) is 5.73. The van der Waals surface area contributed by atoms with Crippen molar-refractivity contribution in [1.29, 1.82) is 0 Å². The minimum absolute atomic E-state index is 0.0816. The van der Waals surface area contributed by atoms with Gasteiger partial charge in [0.2, 0.25) is 0 Å². The highest BCUT2D eigenvalue weighted by molar-refractivity contribution is 5.95. The third-order valence-corrected chi connectivity index (χ3v) is 2.80. The van der Waals surface area contributed by atoms with Gasteiger partial charge in [-0.15, -0.1) is 0 Å². The molecule has 1 aliphatic carbocycles. The van der Waals surface area contributed by atoms with E-state index in [1.54, 1.807) is 13.8 Å². The first kappa shape index (κ1) is 13.7. The summed E-state index contributed by atoms with van der Waals surface area (Å²) in [5.41, 5.74) is 0. The molecule has 0 unspecified atom stereocenters. The smallest absolute Gasteiger partial charge is 0.320 e. The highest BCUT2D eigenvalue weighted by atomic mass is 16.6. The molecule has 96 valence electrons. The van der Waals surface area contributed by atoms with Crippen molar-refractivity contribution in [3.05, 3.63) is 12.2 Å². The summed E-state index contributed by atoms with van der Waals surface area (Å²) in [4.78, 5) is 23.6. The Hall–Kier alpha value is -1.32. The van der Waals surface area contributed by atoms with Gasteiger partial charge in [-0.1, -0.05) is 12.2 Å². The van der Waals surface area contributed by atoms with Gasteiger partial charge in [-0.2, -0.15) is 0 Å². The molecular weight excluding hydrogens is 220 g/mol. The molecule has 0 spiro atoms. The molecule has 0 saturated heterocycles. The molecule has 1 atom stereocenters. The Morgan fingerprint density at radius 2 is 1.82 bits per heavy atom. The zero-order chi connectivity index (χ0) is 12.7. The molecule has 1 rings (SSSR count). The minimum Gasteiger partial charge on any atom is -0.465 e. The van der Waals surface area contributed by atoms with E-state index in [0.717, 1.165) is 19.3 Å². The van der Waals surface area contributed by atoms with Crippen molar-refractivity contribution in [3.8, 4) is 0 Å². The predicted octanol–water partition coefficient (Wildman–Crippen LogP) is 2.09. The molecule has 0 fully saturated rings. The van der Waals surface area contributed by atoms with E-state index in [4.69, 9.17) is 9.47 Å². The maximum Gasteiger partial charge on any atom is 0.320 e. The van der Waals surface area contributed by atoms with Crippen LogP contribution in [0.2, 0.25) is 0 Å². The molecule has 17 heavy (non-hydrogen) atoms. The van der Waals surface area contributed by atoms with Crippen molar-refractivity contribution < 1.29 is 19.1 Å². The average molecular weight is 240 g/mol. The van der Waals surface area contributed by atoms with E-state index in [-0.39, 0.29) is 19.1 Å². The molecule has 4 heteroatoms. The lowest BCUT2D eigenvalue weighted by Crippen LogP contribution is -2.34. The molecule has 0 heterocycles. The number of allylic oxidation sites excluding steroid dienone is 2. The topological polar surface area (TPSA) is 52.6 Å². The molecule has 0 bridgehead atoms. The fourth-order valence-corrected chi connectivity index (χ4v) is 2.03. The van der Waals surface area contributed by atoms with E-state index in [0.29, 0.717) is 0 Å². The maximum absolute atomic E-state index is 11.8. The van der Waals surface area contributed by atoms with Crippen LogP contribution in [0.15, 0.2) is 12.2 Å². The van der Waals surface area contributed by atoms with Crippen LogP contribution in [0, 0.1) is 11.8 Å². The number of carbonyl (C=O) groups is 2. The lowest BCUT2D eigenvalue weighted by molar-refractivity contribution is -0.163. The van der Waals surface area contributed by atoms with Crippen molar-refractivity contribution in [2.24, 2.45) is 11.8 Å². The quantitative estimate of drug-likeness (QED) is 0.419. The molecule has 0 saturated carbocycles. The van der Waals surface area contributed by atoms with Crippen LogP contribution in [0.1, 0.15) is 33.1 Å². The van der Waals surface area contributed by atoms with Gasteiger partial charge in [-0.05, 0) is 33.1 Å². The van der Waals surface area contributed by atoms with Gasteiger partial charge in [-0.3, -0.25) is 9.59 Å². The van der Waals surface area contributed by atoms with Gasteiger partial charge in [-0.25, -0.2) is 0 Å². The van der Waals surface area contributed by atoms with Crippen LogP contribution in [-0.4, -0.2) is 25.2 Å². The van der Waals surface area contributed by atoms with E-state index in [1.807, 2.05) is 12.2 Å². The summed E-state index contributed by atoms with van der Waals surface area (Å²) < 4.78 is 9.90. The first-order valence-corrected chi connectivity index (χ1v) is 6.20. The maximum atomic E-state index is 11.8. The van der Waals surface area contributed by atoms with Crippen LogP contribution in [-0.2, 0) is 19.1 Å². The van der Waals surface area contributed by atoms with E-state index in [2.05, 4.69) is 0 Å². The number of hydrogen-bond acceptors (Lipinski definition) is 4. The second kappa shape index (κ2) is 7.09. The second-order valence-electron chi connectivity index (χ2n) is 4.00. The summed E-state index contributed by atoms with van der Waals surface area (Å²) in [5, 5.41) is 0. The lowest BCUT2D eigenvalue weighted by Gasteiger charge is -2.23. The monoisotopic (exact) mass is 240 g/mol. The van der Waals surface area contributed by atoms with Crippen molar-refractivity contribution in [2.75, 3.05) is 13.2 Å². The van der Waals surface area contributed by atoms with E-state index in [1.165, 1.54) is 0 Å². The van der Waals surface area contributed by atoms with Crippen LogP contribution < -0.4 is 0 Å². The lowest BCUT2D eigenvalue weighted by atomic mass is 9.84. The molecule has 0 N–H and O–H groups in total.